The molecule has 1 aromatic heterocycles. The first-order valence-corrected chi connectivity index (χ1v) is 9.73. The van der Waals surface area contributed by atoms with Gasteiger partial charge in [0.25, 0.3) is 0 Å². The van der Waals surface area contributed by atoms with Gasteiger partial charge in [0.1, 0.15) is 5.75 Å². The summed E-state index contributed by atoms with van der Waals surface area (Å²) in [6, 6.07) is 30.9. The molecule has 140 valence electrons. The minimum absolute atomic E-state index is 0.274. The predicted octanol–water partition coefficient (Wildman–Crippen LogP) is 6.01. The molecule has 1 aliphatic heterocycles. The van der Waals surface area contributed by atoms with E-state index in [0.29, 0.717) is 6.67 Å². The minimum Gasteiger partial charge on any atom is -0.506 e. The lowest BCUT2D eigenvalue weighted by Gasteiger charge is -2.20. The highest BCUT2D eigenvalue weighted by atomic mass is 16.3. The van der Waals surface area contributed by atoms with Gasteiger partial charge in [-0.25, -0.2) is 0 Å². The molecule has 4 nitrogen and oxygen atoms in total. The van der Waals surface area contributed by atoms with Crippen LogP contribution in [-0.4, -0.2) is 16.3 Å². The van der Waals surface area contributed by atoms with Gasteiger partial charge in [0, 0.05) is 22.5 Å². The molecule has 0 saturated heterocycles. The van der Waals surface area contributed by atoms with Crippen molar-refractivity contribution in [2.75, 3.05) is 16.9 Å². The number of phenols is 1. The lowest BCUT2D eigenvalue weighted by molar-refractivity contribution is 0.476. The van der Waals surface area contributed by atoms with E-state index in [2.05, 4.69) is 69.4 Å². The molecule has 0 bridgehead atoms. The Labute approximate surface area is 168 Å². The fraction of sp³-hybridized carbons (Fsp3) is 0.0400. The summed E-state index contributed by atoms with van der Waals surface area (Å²) >= 11 is 0. The van der Waals surface area contributed by atoms with Crippen LogP contribution in [0.4, 0.5) is 17.1 Å². The van der Waals surface area contributed by atoms with E-state index in [0.717, 1.165) is 39.2 Å². The lowest BCUT2D eigenvalue weighted by Crippen LogP contribution is -2.16. The van der Waals surface area contributed by atoms with Crippen molar-refractivity contribution in [3.05, 3.63) is 91.0 Å². The Hall–Kier alpha value is -3.92. The van der Waals surface area contributed by atoms with E-state index in [4.69, 9.17) is 0 Å². The van der Waals surface area contributed by atoms with Crippen LogP contribution in [0.25, 0.3) is 27.5 Å². The van der Waals surface area contributed by atoms with Crippen molar-refractivity contribution in [1.29, 1.82) is 0 Å². The SMILES string of the molecule is Oc1cc2c(cc1N1CNc3ccccc31)c1ccccc1n2-c1ccccc1. The molecule has 0 amide bonds. The fourth-order valence-corrected chi connectivity index (χ4v) is 4.39. The van der Waals surface area contributed by atoms with Gasteiger partial charge in [-0.15, -0.1) is 0 Å². The van der Waals surface area contributed by atoms with E-state index in [-0.39, 0.29) is 5.75 Å². The maximum Gasteiger partial charge on any atom is 0.141 e. The zero-order chi connectivity index (χ0) is 19.4. The van der Waals surface area contributed by atoms with E-state index in [1.165, 1.54) is 5.39 Å². The van der Waals surface area contributed by atoms with Gasteiger partial charge in [-0.3, -0.25) is 0 Å². The summed E-state index contributed by atoms with van der Waals surface area (Å²) in [5, 5.41) is 16.7. The van der Waals surface area contributed by atoms with Crippen LogP contribution < -0.4 is 10.2 Å². The number of anilines is 3. The summed E-state index contributed by atoms with van der Waals surface area (Å²) in [7, 11) is 0. The number of aromatic hydroxyl groups is 1. The third-order valence-corrected chi connectivity index (χ3v) is 5.70. The Morgan fingerprint density at radius 2 is 1.45 bits per heavy atom. The number of para-hydroxylation sites is 4. The van der Waals surface area contributed by atoms with Gasteiger partial charge in [-0.05, 0) is 36.4 Å². The normalized spacial score (nSPS) is 13.0. The van der Waals surface area contributed by atoms with Crippen molar-refractivity contribution in [3.63, 3.8) is 0 Å². The van der Waals surface area contributed by atoms with Crippen LogP contribution in [-0.2, 0) is 0 Å². The van der Waals surface area contributed by atoms with Gasteiger partial charge in [-0.2, -0.15) is 0 Å². The maximum atomic E-state index is 11.0. The van der Waals surface area contributed by atoms with E-state index in [1.807, 2.05) is 36.4 Å². The lowest BCUT2D eigenvalue weighted by atomic mass is 10.1. The molecule has 0 spiro atoms. The number of fused-ring (bicyclic) bond motifs is 4. The standard InChI is InChI=1S/C25H19N3O/c29-25-15-23-19(14-24(25)27-16-26-20-11-5-7-13-22(20)27)18-10-4-6-12-21(18)28(23)17-8-2-1-3-9-17/h1-15,26,29H,16H2. The second-order valence-corrected chi connectivity index (χ2v) is 7.33. The van der Waals surface area contributed by atoms with Crippen molar-refractivity contribution in [3.8, 4) is 11.4 Å². The van der Waals surface area contributed by atoms with E-state index >= 15 is 0 Å². The highest BCUT2D eigenvalue weighted by Gasteiger charge is 2.23. The van der Waals surface area contributed by atoms with Crippen molar-refractivity contribution < 1.29 is 5.11 Å². The predicted molar refractivity (Wildman–Crippen MR) is 120 cm³/mol. The number of nitrogens with zero attached hydrogens (tertiary/aromatic N) is 2. The van der Waals surface area contributed by atoms with E-state index in [1.54, 1.807) is 0 Å². The summed E-state index contributed by atoms with van der Waals surface area (Å²) in [6.07, 6.45) is 0. The molecule has 4 aromatic carbocycles. The molecule has 0 unspecified atom stereocenters. The third kappa shape index (κ3) is 2.32. The molecule has 4 heteroatoms. The highest BCUT2D eigenvalue weighted by molar-refractivity contribution is 6.11. The van der Waals surface area contributed by atoms with Crippen molar-refractivity contribution in [2.24, 2.45) is 0 Å². The van der Waals surface area contributed by atoms with Crippen LogP contribution in [0.1, 0.15) is 0 Å². The Morgan fingerprint density at radius 1 is 0.690 bits per heavy atom. The molecule has 29 heavy (non-hydrogen) atoms. The Kier molecular flexibility index (Phi) is 3.35. The van der Waals surface area contributed by atoms with Crippen LogP contribution in [0.5, 0.6) is 5.75 Å². The zero-order valence-corrected chi connectivity index (χ0v) is 15.7. The number of phenolic OH excluding ortho intramolecular Hbond substituents is 1. The average molecular weight is 377 g/mol. The van der Waals surface area contributed by atoms with Crippen molar-refractivity contribution in [1.82, 2.24) is 4.57 Å². The zero-order valence-electron chi connectivity index (χ0n) is 15.7. The largest absolute Gasteiger partial charge is 0.506 e. The summed E-state index contributed by atoms with van der Waals surface area (Å²) in [6.45, 7) is 0.635. The molecular formula is C25H19N3O. The third-order valence-electron chi connectivity index (χ3n) is 5.70. The number of hydrogen-bond donors (Lipinski definition) is 2. The Morgan fingerprint density at radius 3 is 2.34 bits per heavy atom. The fourth-order valence-electron chi connectivity index (χ4n) is 4.39. The van der Waals surface area contributed by atoms with Gasteiger partial charge in [0.05, 0.1) is 34.8 Å². The second-order valence-electron chi connectivity index (χ2n) is 7.33. The molecule has 2 heterocycles. The van der Waals surface area contributed by atoms with E-state index < -0.39 is 0 Å². The van der Waals surface area contributed by atoms with Crippen LogP contribution in [0, 0.1) is 0 Å². The molecule has 1 aliphatic rings. The molecule has 0 saturated carbocycles. The van der Waals surface area contributed by atoms with Crippen LogP contribution in [0.15, 0.2) is 91.0 Å². The number of benzene rings is 4. The molecule has 6 rings (SSSR count). The first kappa shape index (κ1) is 16.1. The Bertz CT molecular complexity index is 1370. The van der Waals surface area contributed by atoms with Gasteiger partial charge in [0.2, 0.25) is 0 Å². The number of aromatic nitrogens is 1. The first-order valence-electron chi connectivity index (χ1n) is 9.73. The van der Waals surface area contributed by atoms with Crippen LogP contribution >= 0.6 is 0 Å². The quantitative estimate of drug-likeness (QED) is 0.396. The van der Waals surface area contributed by atoms with Crippen molar-refractivity contribution in [2.45, 2.75) is 0 Å². The van der Waals surface area contributed by atoms with Gasteiger partial charge in [-0.1, -0.05) is 48.5 Å². The molecular weight excluding hydrogens is 358 g/mol. The first-order chi connectivity index (χ1) is 14.3. The molecule has 0 atom stereocenters. The molecule has 0 fully saturated rings. The van der Waals surface area contributed by atoms with Gasteiger partial charge >= 0.3 is 0 Å². The summed E-state index contributed by atoms with van der Waals surface area (Å²) in [4.78, 5) is 2.12. The number of hydrogen-bond acceptors (Lipinski definition) is 3. The summed E-state index contributed by atoms with van der Waals surface area (Å²) in [5.41, 5.74) is 6.18. The molecule has 2 N–H and O–H groups in total. The molecule has 0 radical (unpaired) electrons. The number of nitrogens with one attached hydrogen (secondary N) is 1. The van der Waals surface area contributed by atoms with Crippen LogP contribution in [0.3, 0.4) is 0 Å². The summed E-state index contributed by atoms with van der Waals surface area (Å²) < 4.78 is 2.21. The van der Waals surface area contributed by atoms with Gasteiger partial charge in [0.15, 0.2) is 0 Å². The minimum atomic E-state index is 0.274. The topological polar surface area (TPSA) is 40.4 Å². The smallest absolute Gasteiger partial charge is 0.141 e. The van der Waals surface area contributed by atoms with Crippen molar-refractivity contribution >= 4 is 38.9 Å². The number of rotatable bonds is 2. The molecule has 0 aliphatic carbocycles. The van der Waals surface area contributed by atoms with E-state index in [9.17, 15) is 5.11 Å². The maximum absolute atomic E-state index is 11.0. The van der Waals surface area contributed by atoms with Crippen LogP contribution in [0.2, 0.25) is 0 Å². The second kappa shape index (κ2) is 6.04. The average Bonchev–Trinajstić information content (AvgIpc) is 3.32. The Balaban J connectivity index is 1.64. The highest BCUT2D eigenvalue weighted by Crippen LogP contribution is 2.44. The monoisotopic (exact) mass is 377 g/mol. The summed E-state index contributed by atoms with van der Waals surface area (Å²) in [5.74, 6) is 0.274. The van der Waals surface area contributed by atoms with Gasteiger partial charge < -0.3 is 19.9 Å². The molecule has 5 aromatic rings.